The predicted molar refractivity (Wildman–Crippen MR) is 234 cm³/mol. The molecule has 0 bridgehead atoms. The van der Waals surface area contributed by atoms with Gasteiger partial charge in [0, 0.05) is 0 Å². The molecule has 3 N–H and O–H groups in total. The van der Waals surface area contributed by atoms with Crippen LogP contribution in [0.4, 0.5) is 0 Å². The number of aliphatic hydroxyl groups is 3. The van der Waals surface area contributed by atoms with Crippen LogP contribution in [0.15, 0.2) is 0 Å². The number of carbonyl (C=O) groups excluding carboxylic acids is 1. The topological polar surface area (TPSA) is 87.0 Å². The molecule has 0 atom stereocenters. The molecule has 0 rings (SSSR count). The van der Waals surface area contributed by atoms with E-state index in [9.17, 15) is 15.3 Å². The van der Waals surface area contributed by atoms with Crippen molar-refractivity contribution in [3.63, 3.8) is 0 Å². The van der Waals surface area contributed by atoms with E-state index in [2.05, 4.69) is 34.6 Å². The van der Waals surface area contributed by atoms with Crippen molar-refractivity contribution in [2.24, 2.45) is 16.2 Å². The average Bonchev–Trinajstić information content (AvgIpc) is 3.19. The van der Waals surface area contributed by atoms with Crippen molar-refractivity contribution in [2.45, 2.75) is 266 Å². The first-order valence-corrected chi connectivity index (χ1v) is 24.4. The van der Waals surface area contributed by atoms with Gasteiger partial charge < -0.3 is 20.1 Å². The number of aliphatic hydroxyl groups excluding tert-OH is 3. The molecule has 5 nitrogen and oxygen atoms in total. The van der Waals surface area contributed by atoms with Crippen LogP contribution in [-0.4, -0.2) is 47.7 Å². The number of ether oxygens (including phenoxy) is 1. The summed E-state index contributed by atoms with van der Waals surface area (Å²) in [5.74, 6) is -0.0933. The normalized spacial score (nSPS) is 12.5. The van der Waals surface area contributed by atoms with E-state index in [0.717, 1.165) is 57.8 Å². The second-order valence-corrected chi connectivity index (χ2v) is 17.9. The number of esters is 1. The van der Waals surface area contributed by atoms with Gasteiger partial charge in [-0.1, -0.05) is 234 Å². The van der Waals surface area contributed by atoms with Crippen LogP contribution in [0.1, 0.15) is 266 Å². The highest BCUT2D eigenvalue weighted by Crippen LogP contribution is 2.57. The van der Waals surface area contributed by atoms with E-state index >= 15 is 4.79 Å². The third kappa shape index (κ3) is 22.9. The molecule has 0 aromatic heterocycles. The smallest absolute Gasteiger partial charge is 0.312 e. The Morgan fingerprint density at radius 2 is 0.611 bits per heavy atom. The summed E-state index contributed by atoms with van der Waals surface area (Å²) < 4.78 is 6.41. The minimum atomic E-state index is -1.22. The van der Waals surface area contributed by atoms with E-state index < -0.39 is 30.7 Å². The quantitative estimate of drug-likeness (QED) is 0.0425. The molecule has 0 aliphatic rings. The van der Waals surface area contributed by atoms with E-state index in [0.29, 0.717) is 0 Å². The highest BCUT2D eigenvalue weighted by Gasteiger charge is 2.55. The Bertz CT molecular complexity index is 753. The highest BCUT2D eigenvalue weighted by atomic mass is 16.5. The first-order chi connectivity index (χ1) is 26.4. The van der Waals surface area contributed by atoms with Gasteiger partial charge in [-0.15, -0.1) is 0 Å². The SMILES string of the molecule is CCCCCCCCCC(CCCCCCCC)(CCCCCCCC)C(CCCCCCCC)(CCCCCCCC)C(=O)OCC(CO)(CO)CO. The molecule has 0 radical (unpaired) electrons. The van der Waals surface area contributed by atoms with Gasteiger partial charge in [0.05, 0.1) is 30.7 Å². The zero-order valence-corrected chi connectivity index (χ0v) is 37.4. The first kappa shape index (κ1) is 53.4. The molecule has 0 heterocycles. The summed E-state index contributed by atoms with van der Waals surface area (Å²) >= 11 is 0. The Labute approximate surface area is 338 Å². The fraction of sp³-hybridized carbons (Fsp3) is 0.980. The lowest BCUT2D eigenvalue weighted by Gasteiger charge is -2.51. The van der Waals surface area contributed by atoms with Crippen LogP contribution in [0.3, 0.4) is 0 Å². The fourth-order valence-corrected chi connectivity index (χ4v) is 9.13. The van der Waals surface area contributed by atoms with E-state index in [4.69, 9.17) is 4.74 Å². The summed E-state index contributed by atoms with van der Waals surface area (Å²) in [6.45, 7) is 10.1. The van der Waals surface area contributed by atoms with E-state index in [1.54, 1.807) is 0 Å². The first-order valence-electron chi connectivity index (χ1n) is 24.4. The molecule has 0 amide bonds. The summed E-state index contributed by atoms with van der Waals surface area (Å²) in [7, 11) is 0. The van der Waals surface area contributed by atoms with Gasteiger partial charge >= 0.3 is 5.97 Å². The molecule has 0 saturated carbocycles. The molecule has 0 aromatic rings. The van der Waals surface area contributed by atoms with E-state index in [1.807, 2.05) is 0 Å². The zero-order chi connectivity index (χ0) is 40.1. The van der Waals surface area contributed by atoms with Crippen molar-refractivity contribution in [3.8, 4) is 0 Å². The van der Waals surface area contributed by atoms with Crippen molar-refractivity contribution in [1.82, 2.24) is 0 Å². The maximum atomic E-state index is 15.3. The zero-order valence-electron chi connectivity index (χ0n) is 37.4. The van der Waals surface area contributed by atoms with Gasteiger partial charge in [0.25, 0.3) is 0 Å². The Morgan fingerprint density at radius 3 is 0.870 bits per heavy atom. The molecule has 5 heteroatoms. The summed E-state index contributed by atoms with van der Waals surface area (Å²) in [5.41, 5.74) is -1.94. The third-order valence-corrected chi connectivity index (χ3v) is 13.1. The number of unbranched alkanes of at least 4 members (excludes halogenated alkanes) is 26. The van der Waals surface area contributed by atoms with Gasteiger partial charge in [0.1, 0.15) is 6.61 Å². The number of rotatable bonds is 43. The van der Waals surface area contributed by atoms with Crippen molar-refractivity contribution >= 4 is 5.97 Å². The molecule has 0 spiro atoms. The molecular formula is C49H98O5. The van der Waals surface area contributed by atoms with Crippen LogP contribution in [0.25, 0.3) is 0 Å². The molecule has 0 unspecified atom stereocenters. The second-order valence-electron chi connectivity index (χ2n) is 17.9. The summed E-state index contributed by atoms with van der Waals surface area (Å²) in [6.07, 6.45) is 43.4. The Balaban J connectivity index is 7.08. The van der Waals surface area contributed by atoms with Crippen molar-refractivity contribution < 1.29 is 24.9 Å². The number of carbonyl (C=O) groups is 1. The lowest BCUT2D eigenvalue weighted by Crippen LogP contribution is -2.51. The second kappa shape index (κ2) is 36.7. The third-order valence-electron chi connectivity index (χ3n) is 13.1. The lowest BCUT2D eigenvalue weighted by atomic mass is 9.53. The van der Waals surface area contributed by atoms with Gasteiger partial charge in [-0.05, 0) is 37.5 Å². The van der Waals surface area contributed by atoms with Crippen LogP contribution in [0.5, 0.6) is 0 Å². The van der Waals surface area contributed by atoms with Gasteiger partial charge in [-0.2, -0.15) is 0 Å². The molecule has 0 aromatic carbocycles. The maximum Gasteiger partial charge on any atom is 0.312 e. The summed E-state index contributed by atoms with van der Waals surface area (Å²) in [4.78, 5) is 15.3. The van der Waals surface area contributed by atoms with Crippen LogP contribution < -0.4 is 0 Å². The van der Waals surface area contributed by atoms with Crippen LogP contribution in [0.2, 0.25) is 0 Å². The van der Waals surface area contributed by atoms with Gasteiger partial charge in [0.2, 0.25) is 0 Å². The van der Waals surface area contributed by atoms with Gasteiger partial charge in [-0.3, -0.25) is 4.79 Å². The Kier molecular flexibility index (Phi) is 36.2. The number of hydrogen-bond donors (Lipinski definition) is 3. The van der Waals surface area contributed by atoms with Crippen LogP contribution in [-0.2, 0) is 9.53 Å². The maximum absolute atomic E-state index is 15.3. The summed E-state index contributed by atoms with van der Waals surface area (Å²) in [5, 5.41) is 30.8. The van der Waals surface area contributed by atoms with Gasteiger partial charge in [-0.25, -0.2) is 0 Å². The lowest BCUT2D eigenvalue weighted by molar-refractivity contribution is -0.178. The summed E-state index contributed by atoms with van der Waals surface area (Å²) in [6, 6.07) is 0. The predicted octanol–water partition coefficient (Wildman–Crippen LogP) is 14.6. The fourth-order valence-electron chi connectivity index (χ4n) is 9.13. The molecule has 0 aliphatic heterocycles. The van der Waals surface area contributed by atoms with Gasteiger partial charge in [0.15, 0.2) is 0 Å². The highest BCUT2D eigenvalue weighted by molar-refractivity contribution is 5.78. The Hall–Kier alpha value is -0.650. The molecule has 324 valence electrons. The van der Waals surface area contributed by atoms with Crippen molar-refractivity contribution in [2.75, 3.05) is 26.4 Å². The molecular weight excluding hydrogens is 669 g/mol. The van der Waals surface area contributed by atoms with Crippen LogP contribution in [0, 0.1) is 16.2 Å². The monoisotopic (exact) mass is 767 g/mol. The molecule has 54 heavy (non-hydrogen) atoms. The molecule has 0 saturated heterocycles. The largest absolute Gasteiger partial charge is 0.464 e. The number of hydrogen-bond acceptors (Lipinski definition) is 5. The van der Waals surface area contributed by atoms with E-state index in [-0.39, 0.29) is 18.0 Å². The van der Waals surface area contributed by atoms with Crippen molar-refractivity contribution in [1.29, 1.82) is 0 Å². The minimum absolute atomic E-state index is 0.0933. The van der Waals surface area contributed by atoms with Crippen LogP contribution >= 0.6 is 0 Å². The van der Waals surface area contributed by atoms with Crippen molar-refractivity contribution in [3.05, 3.63) is 0 Å². The molecule has 0 fully saturated rings. The standard InChI is InChI=1S/C49H98O5/c1-6-11-16-21-26-29-34-39-48(37-32-27-22-17-12-7-2,38-33-28-23-18-13-8-3)49(40-35-30-24-19-14-9-4,41-36-31-25-20-15-10-5)46(53)54-45-47(42-50,43-51)44-52/h50-52H,6-45H2,1-5H3. The van der Waals surface area contributed by atoms with E-state index in [1.165, 1.54) is 173 Å². The molecule has 0 aliphatic carbocycles. The average molecular weight is 767 g/mol. The Morgan fingerprint density at radius 1 is 0.370 bits per heavy atom. The minimum Gasteiger partial charge on any atom is -0.464 e.